The van der Waals surface area contributed by atoms with Crippen molar-refractivity contribution in [2.75, 3.05) is 32.9 Å². The number of amides is 1. The first kappa shape index (κ1) is 27.6. The van der Waals surface area contributed by atoms with Gasteiger partial charge in [0.2, 0.25) is 5.91 Å². The Morgan fingerprint density at radius 3 is 2.18 bits per heavy atom. The van der Waals surface area contributed by atoms with E-state index in [0.29, 0.717) is 18.4 Å². The molecule has 2 N–H and O–H groups in total. The first-order chi connectivity index (χ1) is 15.7. The Balaban J connectivity index is 0.000000739. The molecule has 11 heteroatoms. The Morgan fingerprint density at radius 1 is 1.12 bits per heavy atom. The second-order valence-electron chi connectivity index (χ2n) is 8.23. The summed E-state index contributed by atoms with van der Waals surface area (Å²) in [6.07, 6.45) is -1.42. The highest BCUT2D eigenvalue weighted by atomic mass is 32.2. The highest BCUT2D eigenvalue weighted by Crippen LogP contribution is 2.30. The highest BCUT2D eigenvalue weighted by Gasteiger charge is 2.30. The number of aromatic hydroxyl groups is 1. The predicted molar refractivity (Wildman–Crippen MR) is 122 cm³/mol. The van der Waals surface area contributed by atoms with E-state index >= 15 is 0 Å². The number of halogens is 3. The zero-order valence-electron chi connectivity index (χ0n) is 19.0. The molecule has 0 aromatic heterocycles. The molecule has 0 spiro atoms. The fourth-order valence-corrected chi connectivity index (χ4v) is 3.68. The molecular weight excluding hydrogens is 473 g/mol. The molecule has 34 heavy (non-hydrogen) atoms. The second-order valence-corrected chi connectivity index (χ2v) is 9.69. The van der Waals surface area contributed by atoms with E-state index in [0.717, 1.165) is 43.6 Å². The third-order valence-corrected chi connectivity index (χ3v) is 5.38. The number of nitrogens with zero attached hydrogens (tertiary/aromatic N) is 2. The average molecular weight is 503 g/mol. The Bertz CT molecular complexity index is 1050. The summed E-state index contributed by atoms with van der Waals surface area (Å²) in [5, 5.41) is 9.86. The van der Waals surface area contributed by atoms with E-state index in [1.807, 2.05) is 6.07 Å². The maximum atomic E-state index is 12.9. The second kappa shape index (κ2) is 11.7. The van der Waals surface area contributed by atoms with Gasteiger partial charge in [0.25, 0.3) is 10.1 Å². The molecule has 2 aromatic rings. The van der Waals surface area contributed by atoms with Crippen LogP contribution in [0, 0.1) is 0 Å². The molecule has 188 valence electrons. The van der Waals surface area contributed by atoms with Gasteiger partial charge in [-0.2, -0.15) is 21.6 Å². The van der Waals surface area contributed by atoms with Crippen molar-refractivity contribution in [3.63, 3.8) is 0 Å². The Morgan fingerprint density at radius 2 is 1.68 bits per heavy atom. The summed E-state index contributed by atoms with van der Waals surface area (Å²) in [5.41, 5.74) is 0.638. The van der Waals surface area contributed by atoms with Crippen molar-refractivity contribution in [2.45, 2.75) is 31.5 Å². The topological polar surface area (TPSA) is 98.2 Å². The van der Waals surface area contributed by atoms with Gasteiger partial charge in [0.1, 0.15) is 5.75 Å². The normalized spacial score (nSPS) is 15.4. The van der Waals surface area contributed by atoms with Crippen LogP contribution in [0.4, 0.5) is 13.2 Å². The number of hydrogen-bond acceptors (Lipinski definition) is 5. The van der Waals surface area contributed by atoms with E-state index < -0.39 is 21.9 Å². The number of phenols is 1. The molecule has 0 aliphatic carbocycles. The molecular formula is C23H29F3N2O5S. The number of likely N-dealkylation sites (N-methyl/N-ethyl adjacent to an activating group) is 1. The molecule has 1 heterocycles. The minimum atomic E-state index is -4.39. The van der Waals surface area contributed by atoms with Crippen molar-refractivity contribution < 1.29 is 36.0 Å². The molecule has 0 radical (unpaired) electrons. The highest BCUT2D eigenvalue weighted by molar-refractivity contribution is 7.85. The number of carbonyl (C=O) groups excluding carboxylic acids is 1. The quantitative estimate of drug-likeness (QED) is 0.584. The van der Waals surface area contributed by atoms with Gasteiger partial charge in [-0.15, -0.1) is 0 Å². The molecule has 1 saturated heterocycles. The fourth-order valence-electron chi connectivity index (χ4n) is 3.68. The van der Waals surface area contributed by atoms with Crippen LogP contribution < -0.4 is 0 Å². The Kier molecular flexibility index (Phi) is 9.48. The van der Waals surface area contributed by atoms with E-state index in [2.05, 4.69) is 4.90 Å². The number of carbonyl (C=O) groups is 1. The molecule has 2 aromatic carbocycles. The summed E-state index contributed by atoms with van der Waals surface area (Å²) in [4.78, 5) is 16.8. The minimum Gasteiger partial charge on any atom is -0.508 e. The van der Waals surface area contributed by atoms with E-state index in [9.17, 15) is 31.5 Å². The van der Waals surface area contributed by atoms with Gasteiger partial charge < -0.3 is 14.9 Å². The number of likely N-dealkylation sites (tertiary alicyclic amines) is 1. The Labute approximate surface area is 197 Å². The summed E-state index contributed by atoms with van der Waals surface area (Å²) >= 11 is 0. The molecule has 1 aliphatic heterocycles. The van der Waals surface area contributed by atoms with Gasteiger partial charge in [0, 0.05) is 13.6 Å². The molecule has 1 atom stereocenters. The van der Waals surface area contributed by atoms with Crippen molar-refractivity contribution in [1.82, 2.24) is 9.80 Å². The first-order valence-corrected chi connectivity index (χ1v) is 12.4. The van der Waals surface area contributed by atoms with Gasteiger partial charge in [0.05, 0.1) is 24.3 Å². The molecule has 1 fully saturated rings. The zero-order chi connectivity index (χ0) is 25.5. The van der Waals surface area contributed by atoms with E-state index in [1.165, 1.54) is 12.1 Å². The van der Waals surface area contributed by atoms with Crippen molar-refractivity contribution in [2.24, 2.45) is 0 Å². The van der Waals surface area contributed by atoms with Crippen LogP contribution in [0.2, 0.25) is 0 Å². The van der Waals surface area contributed by atoms with Gasteiger partial charge in [-0.25, -0.2) is 0 Å². The monoisotopic (exact) mass is 502 g/mol. The SMILES string of the molecule is CN(C(=O)Cc1ccc(C(F)(F)F)cc1)C(CN1CCCC1)c1cccc(O)c1.CS(=O)(=O)O. The zero-order valence-corrected chi connectivity index (χ0v) is 19.8. The van der Waals surface area contributed by atoms with Crippen LogP contribution in [-0.2, 0) is 27.5 Å². The lowest BCUT2D eigenvalue weighted by molar-refractivity contribution is -0.137. The van der Waals surface area contributed by atoms with E-state index in [4.69, 9.17) is 4.55 Å². The first-order valence-electron chi connectivity index (χ1n) is 10.6. The maximum absolute atomic E-state index is 12.9. The summed E-state index contributed by atoms with van der Waals surface area (Å²) in [6, 6.07) is 11.3. The third-order valence-electron chi connectivity index (χ3n) is 5.38. The summed E-state index contributed by atoms with van der Waals surface area (Å²) in [5.74, 6) is -0.0465. The standard InChI is InChI=1S/C22H25F3N2O2.CH4O3S/c1-26(21(29)13-16-7-9-18(10-8-16)22(23,24)25)20(15-27-11-2-3-12-27)17-5-4-6-19(28)14-17;1-5(2,3)4/h4-10,14,20,28H,2-3,11-13,15H2,1H3;1H3,(H,2,3,4). The molecule has 7 nitrogen and oxygen atoms in total. The summed E-state index contributed by atoms with van der Waals surface area (Å²) < 4.78 is 64.1. The summed E-state index contributed by atoms with van der Waals surface area (Å²) in [6.45, 7) is 2.59. The number of alkyl halides is 3. The van der Waals surface area contributed by atoms with Crippen LogP contribution >= 0.6 is 0 Å². The lowest BCUT2D eigenvalue weighted by Crippen LogP contribution is -2.39. The smallest absolute Gasteiger partial charge is 0.416 e. The third kappa shape index (κ3) is 9.32. The molecule has 1 unspecified atom stereocenters. The predicted octanol–water partition coefficient (Wildman–Crippen LogP) is 3.75. The number of rotatable bonds is 6. The van der Waals surface area contributed by atoms with E-state index in [1.54, 1.807) is 30.1 Å². The number of benzene rings is 2. The number of phenolic OH excluding ortho intramolecular Hbond substituents is 1. The molecule has 1 amide bonds. The van der Waals surface area contributed by atoms with Gasteiger partial charge in [-0.1, -0.05) is 24.3 Å². The van der Waals surface area contributed by atoms with Crippen LogP contribution in [0.5, 0.6) is 5.75 Å². The Hall–Kier alpha value is -2.63. The minimum absolute atomic E-state index is 0.0178. The van der Waals surface area contributed by atoms with Crippen LogP contribution in [0.3, 0.4) is 0 Å². The van der Waals surface area contributed by atoms with Crippen molar-refractivity contribution in [1.29, 1.82) is 0 Å². The van der Waals surface area contributed by atoms with Gasteiger partial charge in [-0.3, -0.25) is 9.35 Å². The molecule has 0 bridgehead atoms. The van der Waals surface area contributed by atoms with Crippen LogP contribution in [0.15, 0.2) is 48.5 Å². The summed E-state index contributed by atoms with van der Waals surface area (Å²) in [7, 11) is -1.96. The van der Waals surface area contributed by atoms with Crippen LogP contribution in [0.1, 0.15) is 35.6 Å². The van der Waals surface area contributed by atoms with Crippen LogP contribution in [-0.4, -0.2) is 66.7 Å². The van der Waals surface area contributed by atoms with Gasteiger partial charge >= 0.3 is 6.18 Å². The van der Waals surface area contributed by atoms with Crippen molar-refractivity contribution >= 4 is 16.0 Å². The maximum Gasteiger partial charge on any atom is 0.416 e. The van der Waals surface area contributed by atoms with Crippen molar-refractivity contribution in [3.8, 4) is 5.75 Å². The van der Waals surface area contributed by atoms with E-state index in [-0.39, 0.29) is 24.1 Å². The largest absolute Gasteiger partial charge is 0.508 e. The average Bonchev–Trinajstić information content (AvgIpc) is 3.23. The van der Waals surface area contributed by atoms with Gasteiger partial charge in [0.15, 0.2) is 0 Å². The fraction of sp³-hybridized carbons (Fsp3) is 0.435. The lowest BCUT2D eigenvalue weighted by atomic mass is 10.0. The lowest BCUT2D eigenvalue weighted by Gasteiger charge is -2.32. The number of hydrogen-bond donors (Lipinski definition) is 2. The van der Waals surface area contributed by atoms with Crippen LogP contribution in [0.25, 0.3) is 0 Å². The molecule has 0 saturated carbocycles. The molecule has 3 rings (SSSR count). The van der Waals surface area contributed by atoms with Crippen molar-refractivity contribution in [3.05, 3.63) is 65.2 Å². The van der Waals surface area contributed by atoms with Gasteiger partial charge in [-0.05, 0) is 61.3 Å². The molecule has 1 aliphatic rings.